The van der Waals surface area contributed by atoms with Gasteiger partial charge in [-0.3, -0.25) is 9.69 Å². The number of rotatable bonds is 2. The summed E-state index contributed by atoms with van der Waals surface area (Å²) in [4.78, 5) is 27.7. The maximum atomic E-state index is 12.5. The molecule has 1 aromatic carbocycles. The smallest absolute Gasteiger partial charge is 0.335 e. The number of fused-ring (bicyclic) bond motifs is 2. The molecule has 1 aromatic rings. The Morgan fingerprint density at radius 2 is 1.95 bits per heavy atom. The molecular formula is C14H16N2O3. The number of nitrogens with zero attached hydrogens (tertiary/aromatic N) is 2. The molecule has 2 aliphatic heterocycles. The highest BCUT2D eigenvalue weighted by atomic mass is 16.4. The number of piperazine rings is 1. The van der Waals surface area contributed by atoms with Crippen molar-refractivity contribution < 1.29 is 14.7 Å². The topological polar surface area (TPSA) is 60.9 Å². The molecule has 3 rings (SSSR count). The summed E-state index contributed by atoms with van der Waals surface area (Å²) in [5.41, 5.74) is 0.635. The van der Waals surface area contributed by atoms with E-state index in [0.29, 0.717) is 5.56 Å². The van der Waals surface area contributed by atoms with Crippen molar-refractivity contribution in [3.05, 3.63) is 35.4 Å². The van der Waals surface area contributed by atoms with Crippen LogP contribution in [0, 0.1) is 0 Å². The Balaban J connectivity index is 1.83. The van der Waals surface area contributed by atoms with Gasteiger partial charge in [-0.1, -0.05) is 6.07 Å². The lowest BCUT2D eigenvalue weighted by atomic mass is 10.1. The van der Waals surface area contributed by atoms with E-state index in [-0.39, 0.29) is 17.5 Å². The Bertz CT molecular complexity index is 529. The third-order valence-corrected chi connectivity index (χ3v) is 3.96. The van der Waals surface area contributed by atoms with Crippen LogP contribution in [-0.2, 0) is 0 Å². The van der Waals surface area contributed by atoms with E-state index in [9.17, 15) is 9.59 Å². The molecule has 1 N–H and O–H groups in total. The fourth-order valence-electron chi connectivity index (χ4n) is 2.92. The molecule has 0 aromatic heterocycles. The Labute approximate surface area is 111 Å². The van der Waals surface area contributed by atoms with E-state index in [2.05, 4.69) is 4.90 Å². The average molecular weight is 260 g/mol. The summed E-state index contributed by atoms with van der Waals surface area (Å²) in [5, 5.41) is 8.97. The van der Waals surface area contributed by atoms with Gasteiger partial charge in [-0.15, -0.1) is 0 Å². The van der Waals surface area contributed by atoms with Gasteiger partial charge >= 0.3 is 5.97 Å². The fraction of sp³-hybridized carbons (Fsp3) is 0.429. The zero-order valence-electron chi connectivity index (χ0n) is 10.6. The van der Waals surface area contributed by atoms with Gasteiger partial charge in [0.15, 0.2) is 0 Å². The number of hydrogen-bond donors (Lipinski definition) is 1. The minimum Gasteiger partial charge on any atom is -0.478 e. The number of carboxylic acids is 1. The summed E-state index contributed by atoms with van der Waals surface area (Å²) in [6.07, 6.45) is 1.02. The Hall–Kier alpha value is -1.88. The molecule has 19 heavy (non-hydrogen) atoms. The highest BCUT2D eigenvalue weighted by Crippen LogP contribution is 2.22. The number of carbonyl (C=O) groups excluding carboxylic acids is 1. The zero-order chi connectivity index (χ0) is 13.4. The van der Waals surface area contributed by atoms with Gasteiger partial charge in [-0.25, -0.2) is 4.79 Å². The van der Waals surface area contributed by atoms with Gasteiger partial charge in [-0.2, -0.15) is 0 Å². The van der Waals surface area contributed by atoms with E-state index >= 15 is 0 Å². The highest BCUT2D eigenvalue weighted by molar-refractivity contribution is 5.97. The molecule has 0 saturated carbocycles. The first-order valence-electron chi connectivity index (χ1n) is 6.52. The lowest BCUT2D eigenvalue weighted by molar-refractivity contribution is 0.0609. The van der Waals surface area contributed by atoms with Crippen LogP contribution in [0.4, 0.5) is 0 Å². The van der Waals surface area contributed by atoms with Crippen LogP contribution in [0.1, 0.15) is 27.1 Å². The van der Waals surface area contributed by atoms with E-state index in [1.54, 1.807) is 12.1 Å². The minimum absolute atomic E-state index is 0.0466. The summed E-state index contributed by atoms with van der Waals surface area (Å²) >= 11 is 0. The van der Waals surface area contributed by atoms with Gasteiger partial charge < -0.3 is 10.0 Å². The van der Waals surface area contributed by atoms with Crippen molar-refractivity contribution in [3.8, 4) is 0 Å². The first-order chi connectivity index (χ1) is 9.15. The summed E-state index contributed by atoms with van der Waals surface area (Å²) in [6, 6.07) is 6.57. The number of benzene rings is 1. The zero-order valence-corrected chi connectivity index (χ0v) is 10.6. The summed E-state index contributed by atoms with van der Waals surface area (Å²) in [6.45, 7) is 3.66. The Morgan fingerprint density at radius 1 is 1.16 bits per heavy atom. The minimum atomic E-state index is -1.000. The predicted molar refractivity (Wildman–Crippen MR) is 69.3 cm³/mol. The van der Waals surface area contributed by atoms with Crippen LogP contribution in [0.15, 0.2) is 24.3 Å². The van der Waals surface area contributed by atoms with Crippen LogP contribution in [0.3, 0.4) is 0 Å². The van der Waals surface area contributed by atoms with Crippen LogP contribution in [-0.4, -0.2) is 59.0 Å². The highest BCUT2D eigenvalue weighted by Gasteiger charge is 2.35. The van der Waals surface area contributed by atoms with Crippen molar-refractivity contribution in [3.63, 3.8) is 0 Å². The van der Waals surface area contributed by atoms with Gasteiger partial charge in [0.05, 0.1) is 5.56 Å². The molecule has 2 saturated heterocycles. The summed E-state index contributed by atoms with van der Waals surface area (Å²) in [5.74, 6) is -1.05. The van der Waals surface area contributed by atoms with Crippen molar-refractivity contribution in [1.82, 2.24) is 9.80 Å². The molecule has 100 valence electrons. The van der Waals surface area contributed by atoms with E-state index in [0.717, 1.165) is 32.6 Å². The average Bonchev–Trinajstić information content (AvgIpc) is 2.80. The quantitative estimate of drug-likeness (QED) is 0.858. The number of amides is 1. The number of aromatic carboxylic acids is 1. The molecule has 0 aliphatic carbocycles. The van der Waals surface area contributed by atoms with Crippen molar-refractivity contribution in [2.75, 3.05) is 26.2 Å². The van der Waals surface area contributed by atoms with Gasteiger partial charge in [0.2, 0.25) is 0 Å². The normalized spacial score (nSPS) is 25.4. The van der Waals surface area contributed by atoms with Crippen LogP contribution in [0.5, 0.6) is 0 Å². The van der Waals surface area contributed by atoms with Gasteiger partial charge in [-0.05, 0) is 24.6 Å². The molecule has 5 nitrogen and oxygen atoms in total. The van der Waals surface area contributed by atoms with Crippen LogP contribution >= 0.6 is 0 Å². The summed E-state index contributed by atoms with van der Waals surface area (Å²) < 4.78 is 0. The molecule has 2 fully saturated rings. The molecule has 0 radical (unpaired) electrons. The Kier molecular flexibility index (Phi) is 2.98. The largest absolute Gasteiger partial charge is 0.478 e. The number of carboxylic acid groups (broad SMARTS) is 1. The maximum absolute atomic E-state index is 12.5. The maximum Gasteiger partial charge on any atom is 0.335 e. The summed E-state index contributed by atoms with van der Waals surface area (Å²) in [7, 11) is 0. The first kappa shape index (κ1) is 12.2. The lowest BCUT2D eigenvalue weighted by Gasteiger charge is -2.34. The molecule has 2 unspecified atom stereocenters. The van der Waals surface area contributed by atoms with Gasteiger partial charge in [0, 0.05) is 37.8 Å². The molecule has 2 aliphatic rings. The van der Waals surface area contributed by atoms with Crippen molar-refractivity contribution in [2.24, 2.45) is 0 Å². The van der Waals surface area contributed by atoms with E-state index < -0.39 is 5.97 Å². The SMILES string of the molecule is O=C(O)c1cccc(C(=O)N2CCN3CCC2C3)c1. The number of hydrogen-bond acceptors (Lipinski definition) is 3. The predicted octanol–water partition coefficient (Wildman–Crippen LogP) is 0.915. The van der Waals surface area contributed by atoms with Crippen molar-refractivity contribution >= 4 is 11.9 Å². The second-order valence-electron chi connectivity index (χ2n) is 5.13. The van der Waals surface area contributed by atoms with Crippen molar-refractivity contribution in [2.45, 2.75) is 12.5 Å². The lowest BCUT2D eigenvalue weighted by Crippen LogP contribution is -2.49. The molecule has 5 heteroatoms. The fourth-order valence-corrected chi connectivity index (χ4v) is 2.92. The third kappa shape index (κ3) is 2.21. The first-order valence-corrected chi connectivity index (χ1v) is 6.52. The molecule has 2 atom stereocenters. The monoisotopic (exact) mass is 260 g/mol. The molecule has 2 heterocycles. The number of carbonyl (C=O) groups is 2. The second-order valence-corrected chi connectivity index (χ2v) is 5.13. The molecule has 1 amide bonds. The van der Waals surface area contributed by atoms with Crippen LogP contribution in [0.2, 0.25) is 0 Å². The standard InChI is InChI=1S/C14H16N2O3/c17-13(10-2-1-3-11(8-10)14(18)19)16-7-6-15-5-4-12(16)9-15/h1-3,8,12H,4-7,9H2,(H,18,19). The van der Waals surface area contributed by atoms with Gasteiger partial charge in [0.25, 0.3) is 5.91 Å². The van der Waals surface area contributed by atoms with E-state index in [1.807, 2.05) is 4.90 Å². The Morgan fingerprint density at radius 3 is 2.74 bits per heavy atom. The van der Waals surface area contributed by atoms with E-state index in [4.69, 9.17) is 5.11 Å². The van der Waals surface area contributed by atoms with Gasteiger partial charge in [0.1, 0.15) is 0 Å². The third-order valence-electron chi connectivity index (χ3n) is 3.96. The van der Waals surface area contributed by atoms with E-state index in [1.165, 1.54) is 12.1 Å². The van der Waals surface area contributed by atoms with Crippen LogP contribution < -0.4 is 0 Å². The van der Waals surface area contributed by atoms with Crippen LogP contribution in [0.25, 0.3) is 0 Å². The molecule has 2 bridgehead atoms. The van der Waals surface area contributed by atoms with Crippen molar-refractivity contribution in [1.29, 1.82) is 0 Å². The molecule has 0 spiro atoms. The molecular weight excluding hydrogens is 244 g/mol. The second kappa shape index (κ2) is 4.66.